The highest BCUT2D eigenvalue weighted by Crippen LogP contribution is 2.52. The Bertz CT molecular complexity index is 913. The third kappa shape index (κ3) is 4.97. The molecule has 0 radical (unpaired) electrons. The molecule has 1 amide bonds. The molecule has 4 rings (SSSR count). The first-order valence-corrected chi connectivity index (χ1v) is 13.8. The summed E-state index contributed by atoms with van der Waals surface area (Å²) >= 11 is 0. The summed E-state index contributed by atoms with van der Waals surface area (Å²) in [6, 6.07) is 21.9. The number of hydrogen-bond acceptors (Lipinski definition) is 1. The molecule has 1 saturated heterocycles. The Labute approximate surface area is 208 Å². The molecule has 34 heavy (non-hydrogen) atoms. The quantitative estimate of drug-likeness (QED) is 0.394. The highest BCUT2D eigenvalue weighted by molar-refractivity contribution is 5.81. The SMILES string of the molecule is CCC(C)CC1(c2ccccc2)CCC2(CCC(C(C)Cc3ccccc3)C(=O)N2CC)CC1. The largest absolute Gasteiger partial charge is 0.337 e. The van der Waals surface area contributed by atoms with Crippen molar-refractivity contribution < 1.29 is 4.79 Å². The van der Waals surface area contributed by atoms with Crippen molar-refractivity contribution in [1.82, 2.24) is 4.90 Å². The van der Waals surface area contributed by atoms with Crippen molar-refractivity contribution in [1.29, 1.82) is 0 Å². The maximum atomic E-state index is 13.8. The second kappa shape index (κ2) is 10.7. The van der Waals surface area contributed by atoms with Crippen LogP contribution in [0.2, 0.25) is 0 Å². The molecule has 184 valence electrons. The van der Waals surface area contributed by atoms with Crippen LogP contribution in [0.5, 0.6) is 0 Å². The lowest BCUT2D eigenvalue weighted by Crippen LogP contribution is -2.60. The van der Waals surface area contributed by atoms with Crippen LogP contribution in [0.25, 0.3) is 0 Å². The number of likely N-dealkylation sites (tertiary alicyclic amines) is 1. The van der Waals surface area contributed by atoms with Crippen molar-refractivity contribution in [2.75, 3.05) is 6.54 Å². The van der Waals surface area contributed by atoms with Crippen LogP contribution in [0.1, 0.15) is 90.2 Å². The van der Waals surface area contributed by atoms with E-state index < -0.39 is 0 Å². The summed E-state index contributed by atoms with van der Waals surface area (Å²) in [5.74, 6) is 1.70. The number of carbonyl (C=O) groups is 1. The fourth-order valence-electron chi connectivity index (χ4n) is 7.19. The molecule has 0 aromatic heterocycles. The van der Waals surface area contributed by atoms with Gasteiger partial charge in [0.1, 0.15) is 0 Å². The van der Waals surface area contributed by atoms with Gasteiger partial charge in [0.05, 0.1) is 0 Å². The predicted molar refractivity (Wildman–Crippen MR) is 143 cm³/mol. The van der Waals surface area contributed by atoms with Crippen molar-refractivity contribution in [3.8, 4) is 0 Å². The summed E-state index contributed by atoms with van der Waals surface area (Å²) in [6.07, 6.45) is 10.4. The summed E-state index contributed by atoms with van der Waals surface area (Å²) in [5.41, 5.74) is 3.20. The van der Waals surface area contributed by atoms with E-state index >= 15 is 0 Å². The van der Waals surface area contributed by atoms with Gasteiger partial charge < -0.3 is 4.90 Å². The van der Waals surface area contributed by atoms with Crippen LogP contribution >= 0.6 is 0 Å². The van der Waals surface area contributed by atoms with Gasteiger partial charge >= 0.3 is 0 Å². The maximum Gasteiger partial charge on any atom is 0.226 e. The molecular weight excluding hydrogens is 414 g/mol. The van der Waals surface area contributed by atoms with Crippen molar-refractivity contribution in [3.05, 3.63) is 71.8 Å². The molecule has 1 saturated carbocycles. The molecule has 1 aliphatic heterocycles. The van der Waals surface area contributed by atoms with E-state index in [9.17, 15) is 4.79 Å². The summed E-state index contributed by atoms with van der Waals surface area (Å²) in [5, 5.41) is 0. The number of hydrogen-bond donors (Lipinski definition) is 0. The van der Waals surface area contributed by atoms with E-state index in [2.05, 4.69) is 93.3 Å². The second-order valence-electron chi connectivity index (χ2n) is 11.5. The molecule has 1 aliphatic carbocycles. The molecule has 2 nitrogen and oxygen atoms in total. The van der Waals surface area contributed by atoms with Gasteiger partial charge in [-0.1, -0.05) is 87.9 Å². The number of piperidine rings is 1. The third-order valence-electron chi connectivity index (χ3n) is 9.44. The minimum absolute atomic E-state index is 0.0720. The Balaban J connectivity index is 1.50. The first kappa shape index (κ1) is 25.0. The number of nitrogens with zero attached hydrogens (tertiary/aromatic N) is 1. The third-order valence-corrected chi connectivity index (χ3v) is 9.44. The molecule has 3 unspecified atom stereocenters. The van der Waals surface area contributed by atoms with Gasteiger partial charge in [-0.05, 0) is 86.7 Å². The van der Waals surface area contributed by atoms with Gasteiger partial charge in [-0.2, -0.15) is 0 Å². The Morgan fingerprint density at radius 2 is 1.50 bits per heavy atom. The lowest BCUT2D eigenvalue weighted by atomic mass is 9.58. The topological polar surface area (TPSA) is 20.3 Å². The van der Waals surface area contributed by atoms with Gasteiger partial charge in [0.25, 0.3) is 0 Å². The van der Waals surface area contributed by atoms with E-state index in [1.807, 2.05) is 0 Å². The lowest BCUT2D eigenvalue weighted by molar-refractivity contribution is -0.153. The van der Waals surface area contributed by atoms with Crippen molar-refractivity contribution in [2.24, 2.45) is 17.8 Å². The molecule has 2 heteroatoms. The van der Waals surface area contributed by atoms with Gasteiger partial charge in [0.2, 0.25) is 5.91 Å². The normalized spacial score (nSPS) is 29.2. The van der Waals surface area contributed by atoms with E-state index in [1.54, 1.807) is 0 Å². The molecule has 0 bridgehead atoms. The van der Waals surface area contributed by atoms with Crippen molar-refractivity contribution >= 4 is 5.91 Å². The van der Waals surface area contributed by atoms with E-state index in [1.165, 1.54) is 43.2 Å². The van der Waals surface area contributed by atoms with Gasteiger partial charge in [-0.15, -0.1) is 0 Å². The van der Waals surface area contributed by atoms with Crippen molar-refractivity contribution in [3.63, 3.8) is 0 Å². The molecule has 1 heterocycles. The minimum Gasteiger partial charge on any atom is -0.337 e. The average molecular weight is 460 g/mol. The van der Waals surface area contributed by atoms with Crippen LogP contribution in [0.15, 0.2) is 60.7 Å². The Morgan fingerprint density at radius 3 is 2.09 bits per heavy atom. The summed E-state index contributed by atoms with van der Waals surface area (Å²) in [6.45, 7) is 10.1. The number of rotatable bonds is 8. The molecule has 2 aromatic carbocycles. The predicted octanol–water partition coefficient (Wildman–Crippen LogP) is 7.81. The maximum absolute atomic E-state index is 13.8. The number of benzene rings is 2. The molecule has 2 aliphatic rings. The Kier molecular flexibility index (Phi) is 7.85. The van der Waals surface area contributed by atoms with Crippen LogP contribution in [-0.2, 0) is 16.6 Å². The Morgan fingerprint density at radius 1 is 0.882 bits per heavy atom. The number of carbonyl (C=O) groups excluding carboxylic acids is 1. The van der Waals surface area contributed by atoms with E-state index in [0.29, 0.717) is 11.8 Å². The van der Waals surface area contributed by atoms with Crippen molar-refractivity contribution in [2.45, 2.75) is 96.4 Å². The van der Waals surface area contributed by atoms with Crippen LogP contribution in [0, 0.1) is 17.8 Å². The zero-order chi connectivity index (χ0) is 24.2. The fraction of sp³-hybridized carbons (Fsp3) is 0.594. The van der Waals surface area contributed by atoms with Crippen LogP contribution < -0.4 is 0 Å². The zero-order valence-corrected chi connectivity index (χ0v) is 21.9. The van der Waals surface area contributed by atoms with E-state index in [4.69, 9.17) is 0 Å². The molecule has 2 aromatic rings. The highest BCUT2D eigenvalue weighted by atomic mass is 16.2. The molecule has 2 fully saturated rings. The van der Waals surface area contributed by atoms with Crippen LogP contribution in [0.3, 0.4) is 0 Å². The zero-order valence-electron chi connectivity index (χ0n) is 21.9. The average Bonchev–Trinajstić information content (AvgIpc) is 2.87. The lowest BCUT2D eigenvalue weighted by Gasteiger charge is -2.56. The summed E-state index contributed by atoms with van der Waals surface area (Å²) in [4.78, 5) is 16.2. The van der Waals surface area contributed by atoms with Gasteiger partial charge in [0, 0.05) is 18.0 Å². The smallest absolute Gasteiger partial charge is 0.226 e. The highest BCUT2D eigenvalue weighted by Gasteiger charge is 2.51. The first-order chi connectivity index (χ1) is 16.4. The summed E-state index contributed by atoms with van der Waals surface area (Å²) in [7, 11) is 0. The molecule has 1 spiro atoms. The van der Waals surface area contributed by atoms with Crippen LogP contribution in [0.4, 0.5) is 0 Å². The minimum atomic E-state index is 0.0720. The number of amides is 1. The molecule has 3 atom stereocenters. The van der Waals surface area contributed by atoms with Gasteiger partial charge in [-0.3, -0.25) is 4.79 Å². The monoisotopic (exact) mass is 459 g/mol. The second-order valence-corrected chi connectivity index (χ2v) is 11.5. The van der Waals surface area contributed by atoms with Gasteiger partial charge in [0.15, 0.2) is 0 Å². The molecule has 0 N–H and O–H groups in total. The fourth-order valence-corrected chi connectivity index (χ4v) is 7.19. The van der Waals surface area contributed by atoms with Gasteiger partial charge in [-0.25, -0.2) is 0 Å². The Hall–Kier alpha value is -2.09. The first-order valence-electron chi connectivity index (χ1n) is 13.8. The summed E-state index contributed by atoms with van der Waals surface area (Å²) < 4.78 is 0. The van der Waals surface area contributed by atoms with Crippen LogP contribution in [-0.4, -0.2) is 22.9 Å². The van der Waals surface area contributed by atoms with E-state index in [0.717, 1.165) is 38.1 Å². The standard InChI is InChI=1S/C32H45NO/c1-5-25(3)24-31(28-15-11-8-12-16-28)19-21-32(22-20-31)18-17-29(30(34)33(32)6-2)26(4)23-27-13-9-7-10-14-27/h7-16,25-26,29H,5-6,17-24H2,1-4H3. The molecular formula is C32H45NO. The van der Waals surface area contributed by atoms with E-state index in [-0.39, 0.29) is 16.9 Å².